The minimum absolute atomic E-state index is 0.213. The average molecular weight is 423 g/mol. The fourth-order valence-electron chi connectivity index (χ4n) is 3.62. The zero-order chi connectivity index (χ0) is 21.9. The van der Waals surface area contributed by atoms with Crippen molar-refractivity contribution in [1.82, 2.24) is 15.5 Å². The van der Waals surface area contributed by atoms with Crippen molar-refractivity contribution in [1.29, 1.82) is 0 Å². The lowest BCUT2D eigenvalue weighted by atomic mass is 10.1. The smallest absolute Gasteiger partial charge is 0.223 e. The second-order valence-corrected chi connectivity index (χ2v) is 8.11. The first kappa shape index (κ1) is 22.8. The fraction of sp³-hybridized carbons (Fsp3) is 0.440. The van der Waals surface area contributed by atoms with E-state index in [9.17, 15) is 4.79 Å². The summed E-state index contributed by atoms with van der Waals surface area (Å²) < 4.78 is 5.80. The van der Waals surface area contributed by atoms with E-state index in [1.165, 1.54) is 16.7 Å². The van der Waals surface area contributed by atoms with Crippen LogP contribution in [0.2, 0.25) is 0 Å². The lowest BCUT2D eigenvalue weighted by Crippen LogP contribution is -2.40. The number of nitrogens with zero attached hydrogens (tertiary/aromatic N) is 2. The highest BCUT2D eigenvalue weighted by Gasteiger charge is 2.22. The highest BCUT2D eigenvalue weighted by Crippen LogP contribution is 2.22. The molecule has 0 saturated carbocycles. The van der Waals surface area contributed by atoms with Crippen LogP contribution in [0.4, 0.5) is 0 Å². The molecule has 0 fully saturated rings. The van der Waals surface area contributed by atoms with Crippen LogP contribution >= 0.6 is 0 Å². The van der Waals surface area contributed by atoms with Crippen molar-refractivity contribution in [3.63, 3.8) is 0 Å². The SMILES string of the molecule is CN=C(NCCCC(=O)N1Cc2ccccc2C1)NCC(C)COCc1ccccc1. The molecular formula is C25H34N4O2. The maximum Gasteiger partial charge on any atom is 0.223 e. The highest BCUT2D eigenvalue weighted by molar-refractivity contribution is 5.80. The van der Waals surface area contributed by atoms with Crippen molar-refractivity contribution in [2.75, 3.05) is 26.7 Å². The predicted octanol–water partition coefficient (Wildman–Crippen LogP) is 3.33. The normalized spacial score (nSPS) is 14.3. The van der Waals surface area contributed by atoms with Gasteiger partial charge in [0.2, 0.25) is 5.91 Å². The van der Waals surface area contributed by atoms with Crippen LogP contribution < -0.4 is 10.6 Å². The van der Waals surface area contributed by atoms with E-state index < -0.39 is 0 Å². The second-order valence-electron chi connectivity index (χ2n) is 8.11. The number of aliphatic imine (C=N–C) groups is 1. The van der Waals surface area contributed by atoms with E-state index in [2.05, 4.69) is 46.8 Å². The standard InChI is InChI=1S/C25H34N4O2/c1-20(18-31-19-21-9-4-3-5-10-21)15-28-25(26-2)27-14-8-13-24(30)29-16-22-11-6-7-12-23(22)17-29/h3-7,9-12,20H,8,13-19H2,1-2H3,(H2,26,27,28). The van der Waals surface area contributed by atoms with Crippen LogP contribution in [0.3, 0.4) is 0 Å². The monoisotopic (exact) mass is 422 g/mol. The first-order chi connectivity index (χ1) is 15.2. The Bertz CT molecular complexity index is 829. The molecule has 6 heteroatoms. The highest BCUT2D eigenvalue weighted by atomic mass is 16.5. The lowest BCUT2D eigenvalue weighted by Gasteiger charge is -2.17. The van der Waals surface area contributed by atoms with Crippen molar-refractivity contribution < 1.29 is 9.53 Å². The molecule has 0 aromatic heterocycles. The van der Waals surface area contributed by atoms with Gasteiger partial charge in [-0.2, -0.15) is 0 Å². The molecule has 0 saturated heterocycles. The van der Waals surface area contributed by atoms with Gasteiger partial charge in [-0.15, -0.1) is 0 Å². The van der Waals surface area contributed by atoms with Crippen LogP contribution in [0.1, 0.15) is 36.5 Å². The lowest BCUT2D eigenvalue weighted by molar-refractivity contribution is -0.131. The fourth-order valence-corrected chi connectivity index (χ4v) is 3.62. The Hall–Kier alpha value is -2.86. The van der Waals surface area contributed by atoms with E-state index in [4.69, 9.17) is 4.74 Å². The van der Waals surface area contributed by atoms with Gasteiger partial charge in [-0.05, 0) is 29.0 Å². The number of fused-ring (bicyclic) bond motifs is 1. The van der Waals surface area contributed by atoms with Gasteiger partial charge >= 0.3 is 0 Å². The molecule has 1 aliphatic rings. The molecule has 0 aliphatic carbocycles. The van der Waals surface area contributed by atoms with Crippen LogP contribution in [0.5, 0.6) is 0 Å². The quantitative estimate of drug-likeness (QED) is 0.350. The van der Waals surface area contributed by atoms with Gasteiger partial charge in [0.05, 0.1) is 13.2 Å². The summed E-state index contributed by atoms with van der Waals surface area (Å²) in [6.07, 6.45) is 1.32. The molecule has 1 amide bonds. The van der Waals surface area contributed by atoms with Gasteiger partial charge in [0, 0.05) is 39.6 Å². The Morgan fingerprint density at radius 1 is 1.06 bits per heavy atom. The van der Waals surface area contributed by atoms with Gasteiger partial charge in [0.25, 0.3) is 0 Å². The van der Waals surface area contributed by atoms with Crippen LogP contribution in [0, 0.1) is 5.92 Å². The van der Waals surface area contributed by atoms with E-state index in [1.807, 2.05) is 35.2 Å². The zero-order valence-electron chi connectivity index (χ0n) is 18.6. The van der Waals surface area contributed by atoms with Crippen LogP contribution in [-0.4, -0.2) is 43.5 Å². The van der Waals surface area contributed by atoms with E-state index in [1.54, 1.807) is 7.05 Å². The predicted molar refractivity (Wildman–Crippen MR) is 125 cm³/mol. The van der Waals surface area contributed by atoms with Crippen molar-refractivity contribution in [3.05, 3.63) is 71.3 Å². The number of nitrogens with one attached hydrogen (secondary N) is 2. The number of benzene rings is 2. The van der Waals surface area contributed by atoms with Crippen LogP contribution in [0.15, 0.2) is 59.6 Å². The van der Waals surface area contributed by atoms with Crippen molar-refractivity contribution in [2.45, 2.75) is 39.5 Å². The van der Waals surface area contributed by atoms with Gasteiger partial charge in [-0.25, -0.2) is 0 Å². The number of hydrogen-bond acceptors (Lipinski definition) is 3. The number of carbonyl (C=O) groups is 1. The molecule has 1 heterocycles. The summed E-state index contributed by atoms with van der Waals surface area (Å²) in [4.78, 5) is 18.7. The Morgan fingerprint density at radius 2 is 1.74 bits per heavy atom. The minimum atomic E-state index is 0.213. The number of ether oxygens (including phenoxy) is 1. The Kier molecular flexibility index (Phi) is 8.91. The molecule has 1 atom stereocenters. The molecular weight excluding hydrogens is 388 g/mol. The Morgan fingerprint density at radius 3 is 2.42 bits per heavy atom. The number of carbonyl (C=O) groups excluding carboxylic acids is 1. The molecule has 0 spiro atoms. The maximum absolute atomic E-state index is 12.5. The van der Waals surface area contributed by atoms with Crippen LogP contribution in [0.25, 0.3) is 0 Å². The third-order valence-corrected chi connectivity index (χ3v) is 5.41. The van der Waals surface area contributed by atoms with Gasteiger partial charge in [0.15, 0.2) is 5.96 Å². The molecule has 1 unspecified atom stereocenters. The van der Waals surface area contributed by atoms with Crippen molar-refractivity contribution in [3.8, 4) is 0 Å². The summed E-state index contributed by atoms with van der Waals surface area (Å²) in [5.74, 6) is 1.33. The number of amides is 1. The molecule has 2 aromatic rings. The summed E-state index contributed by atoms with van der Waals surface area (Å²) in [7, 11) is 1.76. The number of guanidine groups is 1. The maximum atomic E-state index is 12.5. The Labute approximate surface area is 185 Å². The van der Waals surface area contributed by atoms with Gasteiger partial charge in [0.1, 0.15) is 0 Å². The zero-order valence-corrected chi connectivity index (χ0v) is 18.6. The second kappa shape index (κ2) is 12.1. The summed E-state index contributed by atoms with van der Waals surface area (Å²) in [5.41, 5.74) is 3.72. The Balaban J connectivity index is 1.26. The largest absolute Gasteiger partial charge is 0.376 e. The van der Waals surface area contributed by atoms with Gasteiger partial charge in [-0.3, -0.25) is 9.79 Å². The van der Waals surface area contributed by atoms with Crippen molar-refractivity contribution >= 4 is 11.9 Å². The molecule has 1 aliphatic heterocycles. The molecule has 31 heavy (non-hydrogen) atoms. The molecule has 3 rings (SSSR count). The first-order valence-electron chi connectivity index (χ1n) is 11.1. The molecule has 0 bridgehead atoms. The summed E-state index contributed by atoms with van der Waals surface area (Å²) in [5, 5.41) is 6.63. The van der Waals surface area contributed by atoms with Crippen molar-refractivity contribution in [2.24, 2.45) is 10.9 Å². The number of rotatable bonds is 10. The van der Waals surface area contributed by atoms with Crippen LogP contribution in [-0.2, 0) is 29.2 Å². The molecule has 6 nitrogen and oxygen atoms in total. The minimum Gasteiger partial charge on any atom is -0.376 e. The molecule has 2 aromatic carbocycles. The van der Waals surface area contributed by atoms with E-state index in [-0.39, 0.29) is 5.91 Å². The average Bonchev–Trinajstić information content (AvgIpc) is 3.24. The molecule has 0 radical (unpaired) electrons. The molecule has 2 N–H and O–H groups in total. The molecule has 166 valence electrons. The van der Waals surface area contributed by atoms with Gasteiger partial charge < -0.3 is 20.3 Å². The topological polar surface area (TPSA) is 66.0 Å². The first-order valence-corrected chi connectivity index (χ1v) is 11.1. The third kappa shape index (κ3) is 7.40. The third-order valence-electron chi connectivity index (χ3n) is 5.41. The summed E-state index contributed by atoms with van der Waals surface area (Å²) in [6.45, 7) is 6.42. The number of hydrogen-bond donors (Lipinski definition) is 2. The van der Waals surface area contributed by atoms with E-state index in [0.29, 0.717) is 32.1 Å². The van der Waals surface area contributed by atoms with E-state index >= 15 is 0 Å². The summed E-state index contributed by atoms with van der Waals surface area (Å²) >= 11 is 0. The van der Waals surface area contributed by atoms with Gasteiger partial charge in [-0.1, -0.05) is 61.5 Å². The van der Waals surface area contributed by atoms with E-state index in [0.717, 1.165) is 32.0 Å². The summed E-state index contributed by atoms with van der Waals surface area (Å²) in [6, 6.07) is 18.5.